The van der Waals surface area contributed by atoms with Gasteiger partial charge in [-0.05, 0) is 92.0 Å². The lowest BCUT2D eigenvalue weighted by Crippen LogP contribution is -2.25. The van der Waals surface area contributed by atoms with Gasteiger partial charge in [-0.3, -0.25) is 0 Å². The van der Waals surface area contributed by atoms with E-state index in [2.05, 4.69) is 205 Å². The normalized spacial score (nSPS) is 17.3. The van der Waals surface area contributed by atoms with E-state index in [1.165, 1.54) is 66.8 Å². The van der Waals surface area contributed by atoms with Crippen LogP contribution >= 0.6 is 0 Å². The van der Waals surface area contributed by atoms with Gasteiger partial charge in [-0.2, -0.15) is 0 Å². The summed E-state index contributed by atoms with van der Waals surface area (Å²) in [4.78, 5) is 10.8. The third-order valence-electron chi connectivity index (χ3n) is 12.6. The van der Waals surface area contributed by atoms with Crippen LogP contribution in [-0.4, -0.2) is 9.97 Å². The number of nitrogens with zero attached hydrogens (tertiary/aromatic N) is 2. The molecule has 10 rings (SSSR count). The highest BCUT2D eigenvalue weighted by Gasteiger charge is 2.52. The van der Waals surface area contributed by atoms with Crippen LogP contribution in [-0.2, 0) is 5.41 Å². The Morgan fingerprint density at radius 2 is 1.04 bits per heavy atom. The maximum atomic E-state index is 5.44. The van der Waals surface area contributed by atoms with Crippen molar-refractivity contribution in [1.29, 1.82) is 0 Å². The minimum atomic E-state index is -0.427. The van der Waals surface area contributed by atoms with Crippen LogP contribution in [0, 0.1) is 11.3 Å². The molecule has 6 aromatic carbocycles. The van der Waals surface area contributed by atoms with Gasteiger partial charge < -0.3 is 0 Å². The summed E-state index contributed by atoms with van der Waals surface area (Å²) in [6, 6.07) is 55.3. The Kier molecular flexibility index (Phi) is 8.23. The van der Waals surface area contributed by atoms with E-state index in [-0.39, 0.29) is 5.41 Å². The van der Waals surface area contributed by atoms with Gasteiger partial charge in [0.25, 0.3) is 0 Å². The standard InChI is InChI=1S/C55H46N2/c1-35-26-27-36(2)45(54(3,4)5)33-32-40(35)37-28-30-39(31-29-37)51-34-50(38-16-7-6-8-17-38)56-53(57-51)44-21-15-25-49-52(44)43-20-11-14-24-48(43)55(49)46-22-12-9-18-41(46)42-19-10-13-23-47(42)55/h6-26,28-34,36H,27H2,1-5H3/b35-26?,40-32?,45-33-. The maximum absolute atomic E-state index is 5.44. The molecule has 0 radical (unpaired) electrons. The first-order valence-corrected chi connectivity index (χ1v) is 20.3. The largest absolute Gasteiger partial charge is 0.228 e. The molecule has 0 saturated carbocycles. The molecule has 0 fully saturated rings. The molecule has 3 aliphatic rings. The zero-order chi connectivity index (χ0) is 38.9. The lowest BCUT2D eigenvalue weighted by molar-refractivity contribution is 0.436. The van der Waals surface area contributed by atoms with Gasteiger partial charge in [0.05, 0.1) is 16.8 Å². The number of fused-ring (bicyclic) bond motifs is 10. The van der Waals surface area contributed by atoms with E-state index in [0.29, 0.717) is 5.92 Å². The van der Waals surface area contributed by atoms with E-state index >= 15 is 0 Å². The van der Waals surface area contributed by atoms with Gasteiger partial charge in [0.15, 0.2) is 5.82 Å². The zero-order valence-corrected chi connectivity index (χ0v) is 33.3. The number of aromatic nitrogens is 2. The average molecular weight is 735 g/mol. The topological polar surface area (TPSA) is 25.8 Å². The SMILES string of the molecule is CC1=CCC(C)/C(C(C)(C)C)=C/C=C1c1ccc(-c2cc(-c3ccccc3)nc(-c3cccc4c3-c3ccccc3C43c4ccccc4-c4ccccc43)n2)cc1. The highest BCUT2D eigenvalue weighted by Crippen LogP contribution is 2.63. The summed E-state index contributed by atoms with van der Waals surface area (Å²) in [5.74, 6) is 1.25. The smallest absolute Gasteiger partial charge is 0.161 e. The molecule has 0 amide bonds. The lowest BCUT2D eigenvalue weighted by atomic mass is 9.70. The summed E-state index contributed by atoms with van der Waals surface area (Å²) in [6.45, 7) is 11.6. The van der Waals surface area contributed by atoms with Gasteiger partial charge in [-0.25, -0.2) is 9.97 Å². The Morgan fingerprint density at radius 3 is 1.67 bits per heavy atom. The van der Waals surface area contributed by atoms with Crippen molar-refractivity contribution in [1.82, 2.24) is 9.97 Å². The number of allylic oxidation sites excluding steroid dienone is 6. The summed E-state index contributed by atoms with van der Waals surface area (Å²) in [5, 5.41) is 0. The van der Waals surface area contributed by atoms with Crippen LogP contribution in [0.4, 0.5) is 0 Å². The molecule has 1 atom stereocenters. The van der Waals surface area contributed by atoms with Crippen LogP contribution in [0.25, 0.3) is 61.7 Å². The minimum absolute atomic E-state index is 0.124. The molecular weight excluding hydrogens is 689 g/mol. The van der Waals surface area contributed by atoms with Crippen LogP contribution in [0.3, 0.4) is 0 Å². The third kappa shape index (κ3) is 5.53. The molecular formula is C55H46N2. The molecule has 0 aliphatic heterocycles. The molecule has 3 aliphatic carbocycles. The maximum Gasteiger partial charge on any atom is 0.161 e. The second-order valence-electron chi connectivity index (χ2n) is 17.0. The van der Waals surface area contributed by atoms with Gasteiger partial charge in [0, 0.05) is 16.7 Å². The molecule has 276 valence electrons. The fourth-order valence-corrected chi connectivity index (χ4v) is 10.00. The van der Waals surface area contributed by atoms with Crippen LogP contribution < -0.4 is 0 Å². The quantitative estimate of drug-likeness (QED) is 0.180. The van der Waals surface area contributed by atoms with Crippen molar-refractivity contribution in [3.63, 3.8) is 0 Å². The van der Waals surface area contributed by atoms with E-state index in [4.69, 9.17) is 9.97 Å². The van der Waals surface area contributed by atoms with E-state index < -0.39 is 5.41 Å². The highest BCUT2D eigenvalue weighted by molar-refractivity contribution is 5.99. The van der Waals surface area contributed by atoms with Crippen LogP contribution in [0.15, 0.2) is 181 Å². The van der Waals surface area contributed by atoms with Crippen molar-refractivity contribution in [3.05, 3.63) is 209 Å². The fraction of sp³-hybridized carbons (Fsp3) is 0.164. The van der Waals surface area contributed by atoms with Crippen LogP contribution in [0.2, 0.25) is 0 Å². The van der Waals surface area contributed by atoms with Gasteiger partial charge in [0.1, 0.15) is 0 Å². The Bertz CT molecular complexity index is 2760. The van der Waals surface area contributed by atoms with E-state index in [1.807, 2.05) is 0 Å². The summed E-state index contributed by atoms with van der Waals surface area (Å²) in [7, 11) is 0. The van der Waals surface area contributed by atoms with Crippen LogP contribution in [0.1, 0.15) is 68.9 Å². The number of hydrogen-bond donors (Lipinski definition) is 0. The zero-order valence-electron chi connectivity index (χ0n) is 33.3. The third-order valence-corrected chi connectivity index (χ3v) is 12.6. The summed E-state index contributed by atoms with van der Waals surface area (Å²) < 4.78 is 0. The molecule has 2 heteroatoms. The molecule has 1 heterocycles. The Hall–Kier alpha value is -6.38. The number of hydrogen-bond acceptors (Lipinski definition) is 2. The second kappa shape index (κ2) is 13.4. The van der Waals surface area contributed by atoms with Crippen molar-refractivity contribution in [2.24, 2.45) is 11.3 Å². The van der Waals surface area contributed by atoms with E-state index in [1.54, 1.807) is 0 Å². The lowest BCUT2D eigenvalue weighted by Gasteiger charge is -2.30. The molecule has 1 unspecified atom stereocenters. The van der Waals surface area contributed by atoms with Crippen molar-refractivity contribution in [3.8, 4) is 56.2 Å². The number of rotatable bonds is 4. The molecule has 0 N–H and O–H groups in total. The Morgan fingerprint density at radius 1 is 0.526 bits per heavy atom. The van der Waals surface area contributed by atoms with E-state index in [0.717, 1.165) is 40.3 Å². The van der Waals surface area contributed by atoms with Crippen LogP contribution in [0.5, 0.6) is 0 Å². The van der Waals surface area contributed by atoms with Crippen molar-refractivity contribution < 1.29 is 0 Å². The average Bonchev–Trinajstić information content (AvgIpc) is 3.71. The van der Waals surface area contributed by atoms with Gasteiger partial charge in [0.2, 0.25) is 0 Å². The molecule has 1 aromatic heterocycles. The molecule has 0 bridgehead atoms. The van der Waals surface area contributed by atoms with Gasteiger partial charge in [-0.15, -0.1) is 0 Å². The molecule has 7 aromatic rings. The molecule has 0 saturated heterocycles. The number of benzene rings is 6. The highest BCUT2D eigenvalue weighted by atomic mass is 14.9. The second-order valence-corrected chi connectivity index (χ2v) is 17.0. The predicted molar refractivity (Wildman–Crippen MR) is 238 cm³/mol. The summed E-state index contributed by atoms with van der Waals surface area (Å²) in [5.41, 5.74) is 20.3. The first-order valence-electron chi connectivity index (χ1n) is 20.3. The Balaban J connectivity index is 1.15. The van der Waals surface area contributed by atoms with Crippen molar-refractivity contribution in [2.45, 2.75) is 46.5 Å². The van der Waals surface area contributed by atoms with E-state index in [9.17, 15) is 0 Å². The summed E-state index contributed by atoms with van der Waals surface area (Å²) >= 11 is 0. The first-order chi connectivity index (χ1) is 27.7. The molecule has 57 heavy (non-hydrogen) atoms. The fourth-order valence-electron chi connectivity index (χ4n) is 10.00. The Labute approximate surface area is 337 Å². The van der Waals surface area contributed by atoms with Crippen molar-refractivity contribution in [2.75, 3.05) is 0 Å². The molecule has 2 nitrogen and oxygen atoms in total. The van der Waals surface area contributed by atoms with Gasteiger partial charge >= 0.3 is 0 Å². The predicted octanol–water partition coefficient (Wildman–Crippen LogP) is 14.2. The summed E-state index contributed by atoms with van der Waals surface area (Å²) in [6.07, 6.45) is 8.16. The molecule has 1 spiro atoms. The minimum Gasteiger partial charge on any atom is -0.228 e. The monoisotopic (exact) mass is 734 g/mol. The van der Waals surface area contributed by atoms with Crippen molar-refractivity contribution >= 4 is 5.57 Å². The van der Waals surface area contributed by atoms with Gasteiger partial charge in [-0.1, -0.05) is 197 Å². The first kappa shape index (κ1) is 35.1.